The van der Waals surface area contributed by atoms with E-state index in [1.165, 1.54) is 43.5 Å². The Kier molecular flexibility index (Phi) is 10.6. The third kappa shape index (κ3) is 9.19. The molecule has 3 amide bonds. The van der Waals surface area contributed by atoms with Crippen LogP contribution in [-0.4, -0.2) is 78.6 Å². The number of hydrogen-bond donors (Lipinski definition) is 3. The molecule has 1 heterocycles. The number of alkyl halides is 3. The molecule has 3 aromatic carbocycles. The Hall–Kier alpha value is -5.11. The van der Waals surface area contributed by atoms with Crippen molar-refractivity contribution in [3.05, 3.63) is 89.0 Å². The largest absolute Gasteiger partial charge is 0.497 e. The first-order valence-electron chi connectivity index (χ1n) is 13.8. The van der Waals surface area contributed by atoms with Gasteiger partial charge in [0.05, 0.1) is 19.1 Å². The Labute approximate surface area is 256 Å². The molecule has 1 saturated heterocycles. The third-order valence-corrected chi connectivity index (χ3v) is 6.88. The van der Waals surface area contributed by atoms with Crippen LogP contribution in [0, 0.1) is 0 Å². The summed E-state index contributed by atoms with van der Waals surface area (Å²) in [6.07, 6.45) is -5.72. The molecule has 0 saturated carbocycles. The van der Waals surface area contributed by atoms with E-state index in [0.717, 1.165) is 11.0 Å². The number of rotatable bonds is 10. The molecule has 0 aliphatic carbocycles. The molecule has 0 radical (unpaired) electrons. The normalized spacial score (nSPS) is 13.1. The van der Waals surface area contributed by atoms with Crippen molar-refractivity contribution in [3.8, 4) is 11.5 Å². The lowest BCUT2D eigenvalue weighted by Crippen LogP contribution is -2.47. The van der Waals surface area contributed by atoms with E-state index >= 15 is 0 Å². The van der Waals surface area contributed by atoms with Gasteiger partial charge in [-0.25, -0.2) is 4.79 Å². The van der Waals surface area contributed by atoms with Crippen molar-refractivity contribution in [2.24, 2.45) is 0 Å². The van der Waals surface area contributed by atoms with Gasteiger partial charge in [0.15, 0.2) is 0 Å². The number of halogens is 3. The number of carbonyl (C=O) groups is 4. The second-order valence-electron chi connectivity index (χ2n) is 10.1. The van der Waals surface area contributed by atoms with E-state index in [2.05, 4.69) is 10.6 Å². The summed E-state index contributed by atoms with van der Waals surface area (Å²) in [4.78, 5) is 52.3. The molecule has 11 nitrogen and oxygen atoms in total. The lowest BCUT2D eigenvalue weighted by atomic mass is 10.0. The van der Waals surface area contributed by atoms with Crippen molar-refractivity contribution < 1.29 is 46.9 Å². The van der Waals surface area contributed by atoms with Crippen molar-refractivity contribution >= 4 is 29.6 Å². The van der Waals surface area contributed by atoms with Crippen LogP contribution >= 0.6 is 0 Å². The van der Waals surface area contributed by atoms with Gasteiger partial charge in [-0.1, -0.05) is 18.2 Å². The first-order chi connectivity index (χ1) is 21.4. The minimum absolute atomic E-state index is 0.00700. The highest BCUT2D eigenvalue weighted by Crippen LogP contribution is 2.34. The van der Waals surface area contributed by atoms with E-state index in [1.807, 2.05) is 0 Å². The number of nitrogens with zero attached hydrogens (tertiary/aromatic N) is 2. The van der Waals surface area contributed by atoms with E-state index in [4.69, 9.17) is 9.47 Å². The van der Waals surface area contributed by atoms with Crippen LogP contribution in [-0.2, 0) is 28.7 Å². The Morgan fingerprint density at radius 2 is 1.60 bits per heavy atom. The lowest BCUT2D eigenvalue weighted by Gasteiger charge is -2.26. The number of nitrogens with one attached hydrogen (secondary N) is 2. The van der Waals surface area contributed by atoms with E-state index in [-0.39, 0.29) is 29.1 Å². The zero-order chi connectivity index (χ0) is 32.6. The quantitative estimate of drug-likeness (QED) is 0.306. The number of aliphatic carboxylic acids is 1. The molecule has 3 N–H and O–H groups in total. The molecule has 1 aliphatic heterocycles. The second-order valence-corrected chi connectivity index (χ2v) is 10.1. The van der Waals surface area contributed by atoms with Crippen LogP contribution < -0.4 is 20.1 Å². The number of anilines is 1. The van der Waals surface area contributed by atoms with E-state index in [0.29, 0.717) is 37.5 Å². The fourth-order valence-electron chi connectivity index (χ4n) is 4.62. The first-order valence-corrected chi connectivity index (χ1v) is 13.8. The smallest absolute Gasteiger partial charge is 0.416 e. The Bertz CT molecular complexity index is 1520. The molecule has 14 heteroatoms. The molecule has 3 aromatic rings. The summed E-state index contributed by atoms with van der Waals surface area (Å²) in [5, 5.41) is 15.1. The predicted molar refractivity (Wildman–Crippen MR) is 156 cm³/mol. The summed E-state index contributed by atoms with van der Waals surface area (Å²) >= 11 is 0. The minimum atomic E-state index is -4.69. The van der Waals surface area contributed by atoms with Crippen molar-refractivity contribution in [1.29, 1.82) is 0 Å². The van der Waals surface area contributed by atoms with Crippen LogP contribution in [0.5, 0.6) is 11.5 Å². The topological polar surface area (TPSA) is 138 Å². The fraction of sp³-hybridized carbons (Fsp3) is 0.290. The van der Waals surface area contributed by atoms with Crippen LogP contribution in [0.1, 0.15) is 27.0 Å². The van der Waals surface area contributed by atoms with Gasteiger partial charge in [0.25, 0.3) is 5.91 Å². The summed E-state index contributed by atoms with van der Waals surface area (Å²) in [5.74, 6) is -2.23. The van der Waals surface area contributed by atoms with Gasteiger partial charge in [0, 0.05) is 44.0 Å². The monoisotopic (exact) mass is 628 g/mol. The summed E-state index contributed by atoms with van der Waals surface area (Å²) in [6, 6.07) is 15.2. The molecule has 1 fully saturated rings. The number of hydrogen-bond acceptors (Lipinski definition) is 7. The van der Waals surface area contributed by atoms with Crippen LogP contribution in [0.15, 0.2) is 66.7 Å². The fourth-order valence-corrected chi connectivity index (χ4v) is 4.62. The molecule has 45 heavy (non-hydrogen) atoms. The highest BCUT2D eigenvalue weighted by Gasteiger charge is 2.34. The van der Waals surface area contributed by atoms with Crippen molar-refractivity contribution in [2.45, 2.75) is 19.1 Å². The van der Waals surface area contributed by atoms with Gasteiger partial charge in [0.2, 0.25) is 5.91 Å². The molecule has 238 valence electrons. The number of ether oxygens (including phenoxy) is 2. The van der Waals surface area contributed by atoms with Gasteiger partial charge >= 0.3 is 18.2 Å². The number of carboxylic acids is 1. The van der Waals surface area contributed by atoms with Crippen molar-refractivity contribution in [1.82, 2.24) is 15.1 Å². The number of amides is 3. The van der Waals surface area contributed by atoms with Gasteiger partial charge < -0.3 is 35.0 Å². The minimum Gasteiger partial charge on any atom is -0.497 e. The zero-order valence-electron chi connectivity index (χ0n) is 24.2. The first kappa shape index (κ1) is 32.8. The second kappa shape index (κ2) is 14.6. The van der Waals surface area contributed by atoms with Gasteiger partial charge in [-0.2, -0.15) is 13.2 Å². The number of benzene rings is 3. The molecule has 0 aromatic heterocycles. The molecule has 0 bridgehead atoms. The van der Waals surface area contributed by atoms with E-state index in [9.17, 15) is 37.5 Å². The Morgan fingerprint density at radius 1 is 0.956 bits per heavy atom. The van der Waals surface area contributed by atoms with Crippen molar-refractivity contribution in [3.63, 3.8) is 0 Å². The van der Waals surface area contributed by atoms with Gasteiger partial charge in [-0.15, -0.1) is 0 Å². The van der Waals surface area contributed by atoms with Gasteiger partial charge in [0.1, 0.15) is 18.0 Å². The van der Waals surface area contributed by atoms with Crippen LogP contribution in [0.25, 0.3) is 0 Å². The summed E-state index contributed by atoms with van der Waals surface area (Å²) < 4.78 is 50.7. The molecule has 0 spiro atoms. The standard InChI is InChI=1S/C31H31F3N4O7/c1-44-25-11-6-22(26(17-25)31(32,33)34)16-27(39)36-23-7-4-21(5-8-23)29(42)38(19-28(40)41)18-20-2-9-24(10-3-20)45-30(43)37-14-12-35-13-15-37/h2-11,17,35H,12-16,18-19H2,1H3,(H,36,39)(H,40,41). The molecule has 0 atom stereocenters. The van der Waals surface area contributed by atoms with Crippen LogP contribution in [0.3, 0.4) is 0 Å². The number of carboxylic acid groups (broad SMARTS) is 1. The van der Waals surface area contributed by atoms with Gasteiger partial charge in [-0.3, -0.25) is 14.4 Å². The van der Waals surface area contributed by atoms with E-state index in [1.54, 1.807) is 29.2 Å². The lowest BCUT2D eigenvalue weighted by molar-refractivity contribution is -0.139. The van der Waals surface area contributed by atoms with Gasteiger partial charge in [-0.05, 0) is 59.7 Å². The highest BCUT2D eigenvalue weighted by molar-refractivity contribution is 5.97. The summed E-state index contributed by atoms with van der Waals surface area (Å²) in [7, 11) is 1.24. The van der Waals surface area contributed by atoms with Crippen LogP contribution in [0.2, 0.25) is 0 Å². The molecular formula is C31H31F3N4O7. The molecular weight excluding hydrogens is 597 g/mol. The summed E-state index contributed by atoms with van der Waals surface area (Å²) in [6.45, 7) is 1.76. The predicted octanol–water partition coefficient (Wildman–Crippen LogP) is 4.03. The Morgan fingerprint density at radius 3 is 2.20 bits per heavy atom. The van der Waals surface area contributed by atoms with Crippen molar-refractivity contribution in [2.75, 3.05) is 45.2 Å². The maximum atomic E-state index is 13.5. The zero-order valence-corrected chi connectivity index (χ0v) is 24.2. The number of methoxy groups -OCH3 is 1. The summed E-state index contributed by atoms with van der Waals surface area (Å²) in [5.41, 5.74) is -0.267. The number of carbonyl (C=O) groups excluding carboxylic acids is 3. The van der Waals surface area contributed by atoms with E-state index < -0.39 is 48.6 Å². The number of piperazine rings is 1. The average molecular weight is 629 g/mol. The maximum absolute atomic E-state index is 13.5. The SMILES string of the molecule is COc1ccc(CC(=O)Nc2ccc(C(=O)N(CC(=O)O)Cc3ccc(OC(=O)N4CCNCC4)cc3)cc2)c(C(F)(F)F)c1. The molecule has 0 unspecified atom stereocenters. The molecule has 4 rings (SSSR count). The third-order valence-electron chi connectivity index (χ3n) is 6.88. The Balaban J connectivity index is 1.38. The maximum Gasteiger partial charge on any atom is 0.416 e. The highest BCUT2D eigenvalue weighted by atomic mass is 19.4. The average Bonchev–Trinajstić information content (AvgIpc) is 3.01. The van der Waals surface area contributed by atoms with Crippen LogP contribution in [0.4, 0.5) is 23.7 Å². The molecule has 1 aliphatic rings.